The molecule has 7 rings (SSSR count). The number of nitrogen functional groups attached to an aromatic ring is 1. The molecule has 2 amide bonds. The van der Waals surface area contributed by atoms with Crippen LogP contribution < -0.4 is 11.4 Å². The van der Waals surface area contributed by atoms with Crippen LogP contribution in [0.25, 0.3) is 21.9 Å². The number of pyridine rings is 1. The summed E-state index contributed by atoms with van der Waals surface area (Å²) < 4.78 is 7.88. The molecule has 0 aliphatic carbocycles. The maximum Gasteiger partial charge on any atom is 0.410 e. The Morgan fingerprint density at radius 1 is 0.980 bits per heavy atom. The number of likely N-dealkylation sites (tertiary alicyclic amines) is 3. The Kier molecular flexibility index (Phi) is 10.1. The maximum absolute atomic E-state index is 14.1. The highest BCUT2D eigenvalue weighted by atomic mass is 35.5. The lowest BCUT2D eigenvalue weighted by molar-refractivity contribution is -0.142. The van der Waals surface area contributed by atoms with Gasteiger partial charge in [0.25, 0.3) is 5.91 Å². The van der Waals surface area contributed by atoms with Crippen LogP contribution >= 0.6 is 11.6 Å². The van der Waals surface area contributed by atoms with Crippen molar-refractivity contribution in [1.82, 2.24) is 29.2 Å². The van der Waals surface area contributed by atoms with E-state index in [1.165, 1.54) is 12.8 Å². The van der Waals surface area contributed by atoms with E-state index < -0.39 is 12.2 Å². The standard InChI is InChI=1S/C38H48ClN7O4/c1-3-25-20-24(21-30(39)34(25)40)22-33(36(47)44-16-10-27(11-17-44)26-8-14-43(2)15-9-26)50-38(49)45-18-12-28(13-19-45)46-32-23-41-31-7-5-4-6-29(31)35(32)42-37(46)48/h4-7,20-21,23,26-28,33H,3,8-19,22,40H2,1-2H3,(H,42,48)/t33-/m1/s1. The molecule has 3 aliphatic heterocycles. The average molecular weight is 702 g/mol. The largest absolute Gasteiger partial charge is 0.436 e. The molecule has 2 aromatic carbocycles. The summed E-state index contributed by atoms with van der Waals surface area (Å²) in [6, 6.07) is 11.4. The number of para-hydroxylation sites is 1. The molecule has 0 saturated carbocycles. The topological polar surface area (TPSA) is 130 Å². The second-order valence-electron chi connectivity index (χ2n) is 14.4. The number of imidazole rings is 1. The molecule has 0 unspecified atom stereocenters. The number of amides is 2. The Hall–Kier alpha value is -4.09. The zero-order valence-electron chi connectivity index (χ0n) is 29.1. The number of anilines is 1. The number of nitrogens with two attached hydrogens (primary N) is 1. The number of benzene rings is 2. The summed E-state index contributed by atoms with van der Waals surface area (Å²) in [5.41, 5.74) is 10.6. The molecule has 266 valence electrons. The van der Waals surface area contributed by atoms with Crippen LogP contribution in [-0.4, -0.2) is 93.7 Å². The molecule has 0 radical (unpaired) electrons. The predicted octanol–water partition coefficient (Wildman–Crippen LogP) is 5.64. The summed E-state index contributed by atoms with van der Waals surface area (Å²) in [4.78, 5) is 54.6. The molecule has 0 bridgehead atoms. The van der Waals surface area contributed by atoms with Gasteiger partial charge < -0.3 is 30.2 Å². The van der Waals surface area contributed by atoms with E-state index >= 15 is 0 Å². The molecule has 11 nitrogen and oxygen atoms in total. The third kappa shape index (κ3) is 6.94. The Labute approximate surface area is 297 Å². The van der Waals surface area contributed by atoms with E-state index in [1.54, 1.807) is 21.7 Å². The first kappa shape index (κ1) is 34.4. The van der Waals surface area contributed by atoms with Crippen molar-refractivity contribution in [2.75, 3.05) is 52.0 Å². The maximum atomic E-state index is 14.1. The molecular weight excluding hydrogens is 654 g/mol. The van der Waals surface area contributed by atoms with Crippen LogP contribution in [0.15, 0.2) is 47.4 Å². The number of aryl methyl sites for hydroxylation is 1. The van der Waals surface area contributed by atoms with Gasteiger partial charge in [0.05, 0.1) is 33.5 Å². The molecular formula is C38H48ClN7O4. The molecule has 4 aromatic rings. The Morgan fingerprint density at radius 2 is 1.64 bits per heavy atom. The SMILES string of the molecule is CCc1cc(C[C@@H](OC(=O)N2CCC(n3c(=O)[nH]c4c5ccccc5ncc43)CC2)C(=O)N2CCC(C3CCN(C)CC3)CC2)cc(Cl)c1N. The van der Waals surface area contributed by atoms with E-state index in [9.17, 15) is 14.4 Å². The molecule has 3 aliphatic rings. The van der Waals surface area contributed by atoms with Crippen LogP contribution in [0.3, 0.4) is 0 Å². The fourth-order valence-corrected chi connectivity index (χ4v) is 8.68. The van der Waals surface area contributed by atoms with E-state index in [0.29, 0.717) is 68.0 Å². The van der Waals surface area contributed by atoms with Gasteiger partial charge in [0.1, 0.15) is 0 Å². The number of carbonyl (C=O) groups excluding carboxylic acids is 2. The number of H-pyrrole nitrogens is 1. The van der Waals surface area contributed by atoms with Gasteiger partial charge in [-0.2, -0.15) is 0 Å². The first-order valence-electron chi connectivity index (χ1n) is 18.2. The molecule has 2 aromatic heterocycles. The second kappa shape index (κ2) is 14.6. The van der Waals surface area contributed by atoms with Crippen molar-refractivity contribution < 1.29 is 14.3 Å². The van der Waals surface area contributed by atoms with Gasteiger partial charge in [-0.25, -0.2) is 9.59 Å². The van der Waals surface area contributed by atoms with Gasteiger partial charge in [0.15, 0.2) is 6.10 Å². The highest BCUT2D eigenvalue weighted by Crippen LogP contribution is 2.34. The number of aromatic amines is 1. The Morgan fingerprint density at radius 3 is 2.34 bits per heavy atom. The van der Waals surface area contributed by atoms with Crippen molar-refractivity contribution in [3.05, 3.63) is 69.2 Å². The molecule has 50 heavy (non-hydrogen) atoms. The highest BCUT2D eigenvalue weighted by molar-refractivity contribution is 6.33. The second-order valence-corrected chi connectivity index (χ2v) is 14.8. The lowest BCUT2D eigenvalue weighted by Gasteiger charge is -2.40. The summed E-state index contributed by atoms with van der Waals surface area (Å²) in [7, 11) is 2.18. The zero-order valence-corrected chi connectivity index (χ0v) is 29.8. The van der Waals surface area contributed by atoms with Crippen LogP contribution in [0.2, 0.25) is 5.02 Å². The normalized spacial score (nSPS) is 19.3. The number of piperidine rings is 3. The van der Waals surface area contributed by atoms with Crippen molar-refractivity contribution >= 4 is 51.2 Å². The minimum atomic E-state index is -0.986. The van der Waals surface area contributed by atoms with Gasteiger partial charge in [-0.3, -0.25) is 14.3 Å². The molecule has 5 heterocycles. The minimum absolute atomic E-state index is 0.101. The van der Waals surface area contributed by atoms with Crippen molar-refractivity contribution in [3.8, 4) is 0 Å². The minimum Gasteiger partial charge on any atom is -0.436 e. The van der Waals surface area contributed by atoms with Crippen molar-refractivity contribution in [2.24, 2.45) is 11.8 Å². The molecule has 0 spiro atoms. The monoisotopic (exact) mass is 701 g/mol. The summed E-state index contributed by atoms with van der Waals surface area (Å²) in [5.74, 6) is 1.17. The highest BCUT2D eigenvalue weighted by Gasteiger charge is 2.36. The van der Waals surface area contributed by atoms with Gasteiger partial charge in [-0.1, -0.05) is 42.8 Å². The van der Waals surface area contributed by atoms with Crippen LogP contribution in [-0.2, 0) is 22.4 Å². The quantitative estimate of drug-likeness (QED) is 0.239. The third-order valence-corrected chi connectivity index (χ3v) is 11.7. The van der Waals surface area contributed by atoms with Crippen molar-refractivity contribution in [1.29, 1.82) is 0 Å². The number of hydrogen-bond acceptors (Lipinski definition) is 7. The van der Waals surface area contributed by atoms with Crippen LogP contribution in [0.4, 0.5) is 10.5 Å². The molecule has 12 heteroatoms. The molecule has 3 fully saturated rings. The number of nitrogens with one attached hydrogen (secondary N) is 1. The lowest BCUT2D eigenvalue weighted by atomic mass is 9.79. The number of carbonyl (C=O) groups is 2. The van der Waals surface area contributed by atoms with Gasteiger partial charge in [-0.05, 0) is 100 Å². The van der Waals surface area contributed by atoms with Gasteiger partial charge in [-0.15, -0.1) is 0 Å². The molecule has 3 N–H and O–H groups in total. The van der Waals surface area contributed by atoms with Crippen molar-refractivity contribution in [3.63, 3.8) is 0 Å². The molecule has 3 saturated heterocycles. The summed E-state index contributed by atoms with van der Waals surface area (Å²) in [6.07, 6.45) is 6.68. The van der Waals surface area contributed by atoms with E-state index in [2.05, 4.69) is 21.9 Å². The van der Waals surface area contributed by atoms with Crippen LogP contribution in [0.1, 0.15) is 62.6 Å². The van der Waals surface area contributed by atoms with Gasteiger partial charge in [0, 0.05) is 44.0 Å². The van der Waals surface area contributed by atoms with Crippen LogP contribution in [0.5, 0.6) is 0 Å². The number of halogens is 1. The average Bonchev–Trinajstić information content (AvgIpc) is 3.49. The van der Waals surface area contributed by atoms with E-state index in [4.69, 9.17) is 22.1 Å². The fourth-order valence-electron chi connectivity index (χ4n) is 8.42. The summed E-state index contributed by atoms with van der Waals surface area (Å²) >= 11 is 6.50. The molecule has 1 atom stereocenters. The first-order chi connectivity index (χ1) is 24.2. The predicted molar refractivity (Wildman–Crippen MR) is 196 cm³/mol. The van der Waals surface area contributed by atoms with E-state index in [0.717, 1.165) is 59.0 Å². The first-order valence-corrected chi connectivity index (χ1v) is 18.6. The third-order valence-electron chi connectivity index (χ3n) is 11.4. The number of fused-ring (bicyclic) bond motifs is 3. The number of ether oxygens (including phenoxy) is 1. The lowest BCUT2D eigenvalue weighted by Crippen LogP contribution is -2.49. The Balaban J connectivity index is 1.04. The van der Waals surface area contributed by atoms with E-state index in [-0.39, 0.29) is 24.1 Å². The number of aromatic nitrogens is 3. The van der Waals surface area contributed by atoms with Crippen LogP contribution in [0, 0.1) is 11.8 Å². The number of hydrogen-bond donors (Lipinski definition) is 2. The number of nitrogens with zero attached hydrogens (tertiary/aromatic N) is 5. The summed E-state index contributed by atoms with van der Waals surface area (Å²) in [5, 5.41) is 1.34. The Bertz CT molecular complexity index is 1920. The smallest absolute Gasteiger partial charge is 0.410 e. The van der Waals surface area contributed by atoms with Crippen molar-refractivity contribution in [2.45, 2.75) is 70.4 Å². The zero-order chi connectivity index (χ0) is 34.9. The van der Waals surface area contributed by atoms with Gasteiger partial charge in [0.2, 0.25) is 0 Å². The fraction of sp³-hybridized carbons (Fsp3) is 0.526. The van der Waals surface area contributed by atoms with E-state index in [1.807, 2.05) is 42.2 Å². The summed E-state index contributed by atoms with van der Waals surface area (Å²) in [6.45, 7) is 6.42. The van der Waals surface area contributed by atoms with Gasteiger partial charge >= 0.3 is 11.8 Å². The number of rotatable bonds is 7.